The summed E-state index contributed by atoms with van der Waals surface area (Å²) in [5.74, 6) is 1.65. The van der Waals surface area contributed by atoms with Crippen LogP contribution >= 0.6 is 0 Å². The molecular formula is C15H21N3O2S. The van der Waals surface area contributed by atoms with Crippen LogP contribution in [0.3, 0.4) is 0 Å². The first-order chi connectivity index (χ1) is 9.95. The third-order valence-electron chi connectivity index (χ3n) is 4.24. The molecule has 5 nitrogen and oxygen atoms in total. The van der Waals surface area contributed by atoms with Crippen molar-refractivity contribution in [2.75, 3.05) is 19.3 Å². The number of rotatable bonds is 3. The lowest BCUT2D eigenvalue weighted by Crippen LogP contribution is -2.31. The van der Waals surface area contributed by atoms with Crippen LogP contribution in [-0.2, 0) is 23.3 Å². The first-order valence-corrected chi connectivity index (χ1v) is 9.20. The molecule has 114 valence electrons. The molecule has 1 unspecified atom stereocenters. The first kappa shape index (κ1) is 14.5. The second kappa shape index (κ2) is 5.42. The molecule has 2 heterocycles. The zero-order valence-electron chi connectivity index (χ0n) is 12.5. The highest BCUT2D eigenvalue weighted by molar-refractivity contribution is 7.90. The Morgan fingerprint density at radius 2 is 2.24 bits per heavy atom. The molecule has 6 heteroatoms. The summed E-state index contributed by atoms with van der Waals surface area (Å²) in [5, 5.41) is 3.42. The third kappa shape index (κ3) is 2.96. The second-order valence-corrected chi connectivity index (χ2v) is 7.94. The van der Waals surface area contributed by atoms with Crippen LogP contribution in [0.15, 0.2) is 23.1 Å². The number of hydrogen-bond acceptors (Lipinski definition) is 4. The molecule has 1 aliphatic heterocycles. The minimum absolute atomic E-state index is 0.332. The van der Waals surface area contributed by atoms with Crippen LogP contribution in [0.25, 0.3) is 11.0 Å². The van der Waals surface area contributed by atoms with E-state index in [9.17, 15) is 8.42 Å². The number of fused-ring (bicyclic) bond motifs is 1. The molecule has 1 atom stereocenters. The van der Waals surface area contributed by atoms with Crippen LogP contribution in [0, 0.1) is 5.92 Å². The number of nitrogens with one attached hydrogen (secondary N) is 1. The first-order valence-electron chi connectivity index (χ1n) is 7.31. The van der Waals surface area contributed by atoms with Gasteiger partial charge in [-0.2, -0.15) is 0 Å². The zero-order valence-corrected chi connectivity index (χ0v) is 13.3. The number of aromatic nitrogens is 2. The average molecular weight is 307 g/mol. The van der Waals surface area contributed by atoms with Gasteiger partial charge in [0.05, 0.1) is 15.9 Å². The van der Waals surface area contributed by atoms with Gasteiger partial charge in [-0.3, -0.25) is 0 Å². The summed E-state index contributed by atoms with van der Waals surface area (Å²) >= 11 is 0. The van der Waals surface area contributed by atoms with Crippen molar-refractivity contribution in [2.45, 2.75) is 24.2 Å². The smallest absolute Gasteiger partial charge is 0.175 e. The molecule has 1 aliphatic rings. The second-order valence-electron chi connectivity index (χ2n) is 5.93. The lowest BCUT2D eigenvalue weighted by molar-refractivity contribution is 0.368. The summed E-state index contributed by atoms with van der Waals surface area (Å²) in [6.45, 7) is 2.15. The van der Waals surface area contributed by atoms with E-state index in [-0.39, 0.29) is 0 Å². The van der Waals surface area contributed by atoms with Gasteiger partial charge < -0.3 is 9.88 Å². The van der Waals surface area contributed by atoms with E-state index >= 15 is 0 Å². The van der Waals surface area contributed by atoms with Crippen molar-refractivity contribution in [3.05, 3.63) is 24.0 Å². The highest BCUT2D eigenvalue weighted by Gasteiger charge is 2.18. The Labute approximate surface area is 125 Å². The normalized spacial score (nSPS) is 20.0. The van der Waals surface area contributed by atoms with Gasteiger partial charge >= 0.3 is 0 Å². The molecule has 2 aromatic rings. The fourth-order valence-corrected chi connectivity index (χ4v) is 3.64. The molecule has 0 saturated carbocycles. The predicted octanol–water partition coefficient (Wildman–Crippen LogP) is 1.52. The Balaban J connectivity index is 1.95. The Morgan fingerprint density at radius 1 is 1.43 bits per heavy atom. The number of aryl methyl sites for hydroxylation is 1. The molecule has 0 amide bonds. The maximum Gasteiger partial charge on any atom is 0.175 e. The monoisotopic (exact) mass is 307 g/mol. The molecule has 0 aliphatic carbocycles. The van der Waals surface area contributed by atoms with E-state index in [4.69, 9.17) is 0 Å². The van der Waals surface area contributed by atoms with Crippen LogP contribution in [0.2, 0.25) is 0 Å². The largest absolute Gasteiger partial charge is 0.331 e. The Morgan fingerprint density at radius 3 is 2.90 bits per heavy atom. The predicted molar refractivity (Wildman–Crippen MR) is 83.1 cm³/mol. The van der Waals surface area contributed by atoms with Crippen molar-refractivity contribution in [3.8, 4) is 0 Å². The van der Waals surface area contributed by atoms with Gasteiger partial charge in [-0.1, -0.05) is 0 Å². The van der Waals surface area contributed by atoms with E-state index in [2.05, 4.69) is 14.9 Å². The molecule has 1 aromatic carbocycles. The van der Waals surface area contributed by atoms with Gasteiger partial charge in [0.25, 0.3) is 0 Å². The Kier molecular flexibility index (Phi) is 3.75. The van der Waals surface area contributed by atoms with Crippen LogP contribution in [0.5, 0.6) is 0 Å². The number of benzene rings is 1. The van der Waals surface area contributed by atoms with Crippen molar-refractivity contribution < 1.29 is 8.42 Å². The summed E-state index contributed by atoms with van der Waals surface area (Å²) in [6, 6.07) is 5.18. The molecule has 1 fully saturated rings. The molecule has 0 radical (unpaired) electrons. The standard InChI is InChI=1S/C15H21N3O2S/c1-18-14-6-5-12(21(2,19)20)9-13(14)17-15(18)8-11-4-3-7-16-10-11/h5-6,9,11,16H,3-4,7-8,10H2,1-2H3. The van der Waals surface area contributed by atoms with Crippen molar-refractivity contribution in [1.29, 1.82) is 0 Å². The van der Waals surface area contributed by atoms with Gasteiger partial charge in [-0.05, 0) is 50.0 Å². The quantitative estimate of drug-likeness (QED) is 0.934. The molecule has 0 spiro atoms. The fraction of sp³-hybridized carbons (Fsp3) is 0.533. The summed E-state index contributed by atoms with van der Waals surface area (Å²) in [6.07, 6.45) is 4.61. The highest BCUT2D eigenvalue weighted by atomic mass is 32.2. The molecule has 0 bridgehead atoms. The number of piperidine rings is 1. The van der Waals surface area contributed by atoms with E-state index in [0.717, 1.165) is 36.4 Å². The van der Waals surface area contributed by atoms with Gasteiger partial charge in [-0.25, -0.2) is 13.4 Å². The van der Waals surface area contributed by atoms with Crippen LogP contribution in [0.4, 0.5) is 0 Å². The van der Waals surface area contributed by atoms with Gasteiger partial charge in [0.2, 0.25) is 0 Å². The lowest BCUT2D eigenvalue weighted by atomic mass is 9.96. The Hall–Kier alpha value is -1.40. The molecular weight excluding hydrogens is 286 g/mol. The molecule has 3 rings (SSSR count). The van der Waals surface area contributed by atoms with E-state index < -0.39 is 9.84 Å². The summed E-state index contributed by atoms with van der Waals surface area (Å²) < 4.78 is 25.4. The van der Waals surface area contributed by atoms with Crippen LogP contribution < -0.4 is 5.32 Å². The van der Waals surface area contributed by atoms with Crippen molar-refractivity contribution in [3.63, 3.8) is 0 Å². The molecule has 1 N–H and O–H groups in total. The number of hydrogen-bond donors (Lipinski definition) is 1. The van der Waals surface area contributed by atoms with Crippen molar-refractivity contribution >= 4 is 20.9 Å². The topological polar surface area (TPSA) is 64.0 Å². The molecule has 1 aromatic heterocycles. The van der Waals surface area contributed by atoms with Gasteiger partial charge in [0, 0.05) is 19.7 Å². The summed E-state index contributed by atoms with van der Waals surface area (Å²) in [4.78, 5) is 4.98. The average Bonchev–Trinajstić information content (AvgIpc) is 2.75. The van der Waals surface area contributed by atoms with Gasteiger partial charge in [0.15, 0.2) is 9.84 Å². The number of nitrogens with zero attached hydrogens (tertiary/aromatic N) is 2. The van der Waals surface area contributed by atoms with Crippen LogP contribution in [-0.4, -0.2) is 37.3 Å². The van der Waals surface area contributed by atoms with E-state index in [1.165, 1.54) is 19.1 Å². The summed E-state index contributed by atoms with van der Waals surface area (Å²) in [7, 11) is -1.18. The SMILES string of the molecule is Cn1c(CC2CCCNC2)nc2cc(S(C)(=O)=O)ccc21. The third-order valence-corrected chi connectivity index (χ3v) is 5.35. The molecule has 21 heavy (non-hydrogen) atoms. The van der Waals surface area contributed by atoms with Crippen molar-refractivity contribution in [1.82, 2.24) is 14.9 Å². The maximum atomic E-state index is 11.6. The van der Waals surface area contributed by atoms with E-state index in [1.54, 1.807) is 12.1 Å². The molecule has 1 saturated heterocycles. The van der Waals surface area contributed by atoms with E-state index in [1.807, 2.05) is 13.1 Å². The lowest BCUT2D eigenvalue weighted by Gasteiger charge is -2.22. The minimum atomic E-state index is -3.18. The Bertz CT molecular complexity index is 759. The van der Waals surface area contributed by atoms with Gasteiger partial charge in [-0.15, -0.1) is 0 Å². The maximum absolute atomic E-state index is 11.6. The van der Waals surface area contributed by atoms with E-state index in [0.29, 0.717) is 10.8 Å². The fourth-order valence-electron chi connectivity index (χ4n) is 3.00. The van der Waals surface area contributed by atoms with Gasteiger partial charge in [0.1, 0.15) is 5.82 Å². The number of sulfone groups is 1. The zero-order chi connectivity index (χ0) is 15.0. The van der Waals surface area contributed by atoms with Crippen molar-refractivity contribution in [2.24, 2.45) is 13.0 Å². The minimum Gasteiger partial charge on any atom is -0.331 e. The van der Waals surface area contributed by atoms with Crippen LogP contribution in [0.1, 0.15) is 18.7 Å². The number of imidazole rings is 1. The highest BCUT2D eigenvalue weighted by Crippen LogP contribution is 2.22. The summed E-state index contributed by atoms with van der Waals surface area (Å²) in [5.41, 5.74) is 1.75.